The monoisotopic (exact) mass is 732 g/mol. The number of anilines is 1. The lowest BCUT2D eigenvalue weighted by molar-refractivity contribution is -0.384. The van der Waals surface area contributed by atoms with Crippen LogP contribution in [0.5, 0.6) is 11.5 Å². The van der Waals surface area contributed by atoms with E-state index >= 15 is 0 Å². The molecule has 0 fully saturated rings. The Hall–Kier alpha value is -4.22. The van der Waals surface area contributed by atoms with Crippen molar-refractivity contribution in [1.29, 1.82) is 0 Å². The smallest absolute Gasteiger partial charge is 0.291 e. The van der Waals surface area contributed by atoms with E-state index in [1.165, 1.54) is 17.7 Å². The van der Waals surface area contributed by atoms with Gasteiger partial charge in [-0.3, -0.25) is 15.2 Å². The molecule has 0 unspecified atom stereocenters. The number of hydrogen-bond acceptors (Lipinski definition) is 8. The topological polar surface area (TPSA) is 120 Å². The number of fused-ring (bicyclic) bond motifs is 1. The fourth-order valence-electron chi connectivity index (χ4n) is 6.19. The van der Waals surface area contributed by atoms with Crippen LogP contribution in [-0.4, -0.2) is 38.1 Å². The second-order valence-corrected chi connectivity index (χ2v) is 17.2. The van der Waals surface area contributed by atoms with Crippen molar-refractivity contribution in [2.75, 3.05) is 18.7 Å². The number of nitrogens with one attached hydrogen (secondary N) is 2. The molecule has 3 aromatic carbocycles. The van der Waals surface area contributed by atoms with Crippen molar-refractivity contribution >= 4 is 40.4 Å². The predicted octanol–water partition coefficient (Wildman–Crippen LogP) is 11.1. The summed E-state index contributed by atoms with van der Waals surface area (Å²) in [6.07, 6.45) is 3.10. The van der Waals surface area contributed by atoms with E-state index in [0.717, 1.165) is 57.4 Å². The first kappa shape index (κ1) is 38.0. The van der Waals surface area contributed by atoms with Crippen LogP contribution < -0.4 is 14.8 Å². The van der Waals surface area contributed by atoms with E-state index in [4.69, 9.17) is 31.2 Å². The maximum absolute atomic E-state index is 11.2. The van der Waals surface area contributed by atoms with E-state index in [2.05, 4.69) is 90.9 Å². The summed E-state index contributed by atoms with van der Waals surface area (Å²) in [6.45, 7) is 21.0. The molecular formula is C39H49ClN6O4S. The van der Waals surface area contributed by atoms with Crippen LogP contribution in [0.4, 0.5) is 11.4 Å². The average molecular weight is 733 g/mol. The Balaban J connectivity index is 1.41. The molecule has 5 aromatic rings. The van der Waals surface area contributed by atoms with Gasteiger partial charge in [-0.2, -0.15) is 4.63 Å². The number of hydrogen-bond donors (Lipinski definition) is 2. The molecule has 0 amide bonds. The molecule has 0 aliphatic heterocycles. The standard InChI is InChI=1S/C39H49ClN6O4S/c1-10-11-20-49-31-19-14-26(39(8,9)23-37(2,3)4)21-32(31)51-33-34(38(5,6)7)43-45-36(33)42-35(44-45)25-12-15-27(16-13-25)41-24-50-28-17-18-29(40)30(22-28)46(47)48/h12-19,21-22,41,43H,10-11,20,23-24H2,1-9H3. The molecule has 0 aliphatic rings. The van der Waals surface area contributed by atoms with E-state index in [-0.39, 0.29) is 33.7 Å². The number of aromatic nitrogens is 4. The number of rotatable bonds is 14. The third kappa shape index (κ3) is 9.37. The largest absolute Gasteiger partial charge is 0.492 e. The Labute approximate surface area is 309 Å². The van der Waals surface area contributed by atoms with E-state index in [1.54, 1.807) is 22.5 Å². The van der Waals surface area contributed by atoms with Gasteiger partial charge in [-0.1, -0.05) is 98.2 Å². The van der Waals surface area contributed by atoms with E-state index in [9.17, 15) is 10.1 Å². The average Bonchev–Trinajstić information content (AvgIpc) is 3.61. The molecule has 0 aliphatic carbocycles. The molecule has 2 N–H and O–H groups in total. The van der Waals surface area contributed by atoms with Gasteiger partial charge < -0.3 is 14.8 Å². The summed E-state index contributed by atoms with van der Waals surface area (Å²) >= 11 is 7.59. The molecule has 0 bridgehead atoms. The Kier molecular flexibility index (Phi) is 11.3. The van der Waals surface area contributed by atoms with Crippen molar-refractivity contribution in [2.24, 2.45) is 5.41 Å². The number of nitro benzene ring substituents is 1. The SMILES string of the molecule is CCCCOc1ccc(C(C)(C)CC(C)(C)C)cc1Sc1c(C(C)(C)C)[nH]n2nc(-c3ccc(NCOc4ccc(Cl)c([N+](=O)[O-])c4)cc3)nc12. The molecule has 12 heteroatoms. The van der Waals surface area contributed by atoms with Crippen LogP contribution in [0.3, 0.4) is 0 Å². The number of benzene rings is 3. The summed E-state index contributed by atoms with van der Waals surface area (Å²) < 4.78 is 13.8. The molecule has 0 spiro atoms. The summed E-state index contributed by atoms with van der Waals surface area (Å²) in [7, 11) is 0. The number of nitro groups is 1. The highest BCUT2D eigenvalue weighted by Gasteiger charge is 2.30. The minimum atomic E-state index is -0.536. The fourth-order valence-corrected chi connectivity index (χ4v) is 7.68. The minimum absolute atomic E-state index is 0.0262. The number of halogens is 1. The quantitative estimate of drug-likeness (QED) is 0.0501. The van der Waals surface area contributed by atoms with Crippen LogP contribution in [0.1, 0.15) is 92.8 Å². The number of ether oxygens (including phenoxy) is 2. The number of H-pyrrole nitrogens is 1. The predicted molar refractivity (Wildman–Crippen MR) is 207 cm³/mol. The summed E-state index contributed by atoms with van der Waals surface area (Å²) in [4.78, 5) is 17.8. The number of nitrogens with zero attached hydrogens (tertiary/aromatic N) is 4. The van der Waals surface area contributed by atoms with Crippen molar-refractivity contribution in [3.05, 3.63) is 87.1 Å². The van der Waals surface area contributed by atoms with Gasteiger partial charge in [-0.25, -0.2) is 4.98 Å². The maximum Gasteiger partial charge on any atom is 0.291 e. The molecule has 0 radical (unpaired) electrons. The molecule has 0 atom stereocenters. The summed E-state index contributed by atoms with van der Waals surface area (Å²) in [6, 6.07) is 18.7. The molecule has 5 rings (SSSR count). The van der Waals surface area contributed by atoms with Gasteiger partial charge in [0.1, 0.15) is 16.5 Å². The zero-order valence-electron chi connectivity index (χ0n) is 31.0. The molecule has 2 aromatic heterocycles. The normalized spacial score (nSPS) is 12.4. The van der Waals surface area contributed by atoms with Crippen LogP contribution in [0.2, 0.25) is 5.02 Å². The van der Waals surface area contributed by atoms with Gasteiger partial charge in [-0.05, 0) is 77.8 Å². The van der Waals surface area contributed by atoms with Gasteiger partial charge in [-0.15, -0.1) is 5.10 Å². The molecule has 0 saturated carbocycles. The summed E-state index contributed by atoms with van der Waals surface area (Å²) in [5.41, 5.74) is 4.52. The zero-order valence-corrected chi connectivity index (χ0v) is 32.6. The van der Waals surface area contributed by atoms with Gasteiger partial charge in [0.05, 0.1) is 33.1 Å². The fraction of sp³-hybridized carbons (Fsp3) is 0.436. The van der Waals surface area contributed by atoms with E-state index < -0.39 is 4.92 Å². The summed E-state index contributed by atoms with van der Waals surface area (Å²) in [5.74, 6) is 1.82. The first-order chi connectivity index (χ1) is 23.9. The van der Waals surface area contributed by atoms with Crippen molar-refractivity contribution in [3.63, 3.8) is 0 Å². The third-order valence-corrected chi connectivity index (χ3v) is 9.89. The van der Waals surface area contributed by atoms with Gasteiger partial charge in [0.15, 0.2) is 18.2 Å². The van der Waals surface area contributed by atoms with E-state index in [0.29, 0.717) is 18.2 Å². The first-order valence-corrected chi connectivity index (χ1v) is 18.5. The van der Waals surface area contributed by atoms with Crippen molar-refractivity contribution in [1.82, 2.24) is 19.8 Å². The highest BCUT2D eigenvalue weighted by Crippen LogP contribution is 2.45. The second-order valence-electron chi connectivity index (χ2n) is 15.7. The van der Waals surface area contributed by atoms with Crippen molar-refractivity contribution < 1.29 is 14.4 Å². The van der Waals surface area contributed by atoms with Crippen LogP contribution in [0.25, 0.3) is 17.0 Å². The molecule has 0 saturated heterocycles. The number of aromatic amines is 1. The maximum atomic E-state index is 11.2. The van der Waals surface area contributed by atoms with Gasteiger partial charge in [0.25, 0.3) is 5.69 Å². The molecule has 272 valence electrons. The van der Waals surface area contributed by atoms with Crippen LogP contribution >= 0.6 is 23.4 Å². The third-order valence-electron chi connectivity index (χ3n) is 8.44. The van der Waals surface area contributed by atoms with Crippen LogP contribution in [-0.2, 0) is 10.8 Å². The number of unbranched alkanes of at least 4 members (excludes halogenated alkanes) is 1. The van der Waals surface area contributed by atoms with Crippen LogP contribution in [0, 0.1) is 15.5 Å². The lowest BCUT2D eigenvalue weighted by Gasteiger charge is -2.33. The Morgan fingerprint density at radius 1 is 0.980 bits per heavy atom. The molecule has 2 heterocycles. The minimum Gasteiger partial charge on any atom is -0.492 e. The van der Waals surface area contributed by atoms with Gasteiger partial charge in [0.2, 0.25) is 0 Å². The highest BCUT2D eigenvalue weighted by atomic mass is 35.5. The summed E-state index contributed by atoms with van der Waals surface area (Å²) in [5, 5.41) is 22.8. The van der Waals surface area contributed by atoms with Crippen molar-refractivity contribution in [3.8, 4) is 22.9 Å². The molecule has 10 nitrogen and oxygen atoms in total. The Morgan fingerprint density at radius 2 is 1.71 bits per heavy atom. The van der Waals surface area contributed by atoms with Crippen LogP contribution in [0.15, 0.2) is 70.5 Å². The lowest BCUT2D eigenvalue weighted by Crippen LogP contribution is -2.24. The van der Waals surface area contributed by atoms with E-state index in [1.807, 2.05) is 24.3 Å². The first-order valence-electron chi connectivity index (χ1n) is 17.3. The molecule has 51 heavy (non-hydrogen) atoms. The lowest BCUT2D eigenvalue weighted by atomic mass is 9.72. The Bertz CT molecular complexity index is 1990. The van der Waals surface area contributed by atoms with Gasteiger partial charge >= 0.3 is 0 Å². The zero-order chi connectivity index (χ0) is 37.1. The van der Waals surface area contributed by atoms with Crippen molar-refractivity contribution in [2.45, 2.75) is 102 Å². The highest BCUT2D eigenvalue weighted by molar-refractivity contribution is 7.99. The molecular weight excluding hydrogens is 684 g/mol. The van der Waals surface area contributed by atoms with Gasteiger partial charge in [0, 0.05) is 16.7 Å². The Morgan fingerprint density at radius 3 is 2.35 bits per heavy atom. The second kappa shape index (κ2) is 15.2.